The van der Waals surface area contributed by atoms with Gasteiger partial charge >= 0.3 is 0 Å². The van der Waals surface area contributed by atoms with Gasteiger partial charge in [-0.2, -0.15) is 0 Å². The van der Waals surface area contributed by atoms with Gasteiger partial charge in [0, 0.05) is 50.3 Å². The van der Waals surface area contributed by atoms with Gasteiger partial charge in [-0.05, 0) is 31.2 Å². The minimum absolute atomic E-state index is 0.0851. The van der Waals surface area contributed by atoms with Crippen molar-refractivity contribution in [2.45, 2.75) is 13.5 Å². The Morgan fingerprint density at radius 2 is 1.92 bits per heavy atom. The van der Waals surface area contributed by atoms with Gasteiger partial charge in [-0.3, -0.25) is 9.69 Å². The number of amides is 1. The molecule has 0 aliphatic carbocycles. The molecule has 0 unspecified atom stereocenters. The van der Waals surface area contributed by atoms with Crippen LogP contribution in [-0.2, 0) is 16.1 Å². The number of rotatable bonds is 7. The Hall–Kier alpha value is -1.96. The second kappa shape index (κ2) is 9.12. The molecule has 0 saturated carbocycles. The highest BCUT2D eigenvalue weighted by molar-refractivity contribution is 7.13. The van der Waals surface area contributed by atoms with Crippen molar-refractivity contribution in [2.24, 2.45) is 0 Å². The highest BCUT2D eigenvalue weighted by Crippen LogP contribution is 2.26. The molecule has 0 radical (unpaired) electrons. The number of ether oxygens (including phenoxy) is 2. The maximum Gasteiger partial charge on any atom is 0.248 e. The van der Waals surface area contributed by atoms with Gasteiger partial charge in [-0.15, -0.1) is 11.3 Å². The zero-order valence-electron chi connectivity index (χ0n) is 15.3. The number of hydrogen-bond acceptors (Lipinski definition) is 6. The summed E-state index contributed by atoms with van der Waals surface area (Å²) >= 11 is 1.66. The lowest BCUT2D eigenvalue weighted by molar-refractivity contribution is -0.137. The molecule has 26 heavy (non-hydrogen) atoms. The third-order valence-electron chi connectivity index (χ3n) is 4.43. The largest absolute Gasteiger partial charge is 0.497 e. The van der Waals surface area contributed by atoms with E-state index in [2.05, 4.69) is 10.3 Å². The van der Waals surface area contributed by atoms with Crippen molar-refractivity contribution in [3.05, 3.63) is 35.3 Å². The number of piperazine rings is 1. The van der Waals surface area contributed by atoms with E-state index in [1.807, 2.05) is 36.1 Å². The summed E-state index contributed by atoms with van der Waals surface area (Å²) in [4.78, 5) is 21.0. The third kappa shape index (κ3) is 4.81. The van der Waals surface area contributed by atoms with Crippen LogP contribution in [0.15, 0.2) is 29.6 Å². The summed E-state index contributed by atoms with van der Waals surface area (Å²) in [5, 5.41) is 3.14. The Labute approximate surface area is 158 Å². The van der Waals surface area contributed by atoms with Crippen LogP contribution in [0.4, 0.5) is 0 Å². The van der Waals surface area contributed by atoms with E-state index in [9.17, 15) is 4.79 Å². The molecular weight excluding hydrogens is 350 g/mol. The lowest BCUT2D eigenvalue weighted by atomic mass is 10.2. The Morgan fingerprint density at radius 1 is 1.19 bits per heavy atom. The first-order chi connectivity index (χ1) is 12.7. The van der Waals surface area contributed by atoms with Crippen LogP contribution in [-0.4, -0.2) is 67.2 Å². The van der Waals surface area contributed by atoms with Gasteiger partial charge < -0.3 is 14.4 Å². The van der Waals surface area contributed by atoms with Crippen LogP contribution in [0, 0.1) is 0 Å². The maximum absolute atomic E-state index is 12.0. The van der Waals surface area contributed by atoms with Crippen molar-refractivity contribution < 1.29 is 14.3 Å². The van der Waals surface area contributed by atoms with Crippen LogP contribution in [0.25, 0.3) is 10.6 Å². The molecule has 2 aromatic rings. The number of hydrogen-bond donors (Lipinski definition) is 0. The van der Waals surface area contributed by atoms with Crippen LogP contribution in [0.2, 0.25) is 0 Å². The number of thiazole rings is 1. The molecule has 2 heterocycles. The first kappa shape index (κ1) is 18.8. The summed E-state index contributed by atoms with van der Waals surface area (Å²) in [5.41, 5.74) is 2.18. The second-order valence-electron chi connectivity index (χ2n) is 6.17. The summed E-state index contributed by atoms with van der Waals surface area (Å²) in [5.74, 6) is 0.934. The molecule has 7 heteroatoms. The Balaban J connectivity index is 1.51. The van der Waals surface area contributed by atoms with Crippen molar-refractivity contribution in [1.82, 2.24) is 14.8 Å². The lowest BCUT2D eigenvalue weighted by Gasteiger charge is -2.34. The molecule has 1 aromatic carbocycles. The monoisotopic (exact) mass is 375 g/mol. The smallest absolute Gasteiger partial charge is 0.248 e. The van der Waals surface area contributed by atoms with E-state index in [4.69, 9.17) is 14.5 Å². The first-order valence-electron chi connectivity index (χ1n) is 8.86. The summed E-state index contributed by atoms with van der Waals surface area (Å²) in [6, 6.07) is 7.97. The molecule has 0 N–H and O–H groups in total. The van der Waals surface area contributed by atoms with Gasteiger partial charge in [0.15, 0.2) is 0 Å². The number of aromatic nitrogens is 1. The van der Waals surface area contributed by atoms with Gasteiger partial charge in [0.2, 0.25) is 5.91 Å². The van der Waals surface area contributed by atoms with Gasteiger partial charge in [-0.1, -0.05) is 0 Å². The lowest BCUT2D eigenvalue weighted by Crippen LogP contribution is -2.49. The Bertz CT molecular complexity index is 709. The van der Waals surface area contributed by atoms with Gasteiger partial charge in [0.1, 0.15) is 17.4 Å². The SMILES string of the molecule is CCOCC(=O)N1CCN(Cc2csc(-c3ccc(OC)cc3)n2)CC1. The molecular formula is C19H25N3O3S. The molecule has 0 atom stereocenters. The zero-order valence-corrected chi connectivity index (χ0v) is 16.1. The zero-order chi connectivity index (χ0) is 18.4. The third-order valence-corrected chi connectivity index (χ3v) is 5.37. The van der Waals surface area contributed by atoms with Crippen molar-refractivity contribution in [3.63, 3.8) is 0 Å². The van der Waals surface area contributed by atoms with E-state index in [0.29, 0.717) is 6.61 Å². The molecule has 1 aromatic heterocycles. The van der Waals surface area contributed by atoms with E-state index in [1.54, 1.807) is 18.4 Å². The van der Waals surface area contributed by atoms with Gasteiger partial charge in [0.25, 0.3) is 0 Å². The van der Waals surface area contributed by atoms with Crippen LogP contribution in [0.3, 0.4) is 0 Å². The molecule has 1 aliphatic rings. The normalized spacial score (nSPS) is 15.2. The van der Waals surface area contributed by atoms with E-state index >= 15 is 0 Å². The van der Waals surface area contributed by atoms with Crippen molar-refractivity contribution in [2.75, 3.05) is 46.5 Å². The van der Waals surface area contributed by atoms with E-state index < -0.39 is 0 Å². The topological polar surface area (TPSA) is 54.9 Å². The predicted molar refractivity (Wildman–Crippen MR) is 102 cm³/mol. The van der Waals surface area contributed by atoms with E-state index in [-0.39, 0.29) is 12.5 Å². The van der Waals surface area contributed by atoms with Crippen molar-refractivity contribution in [1.29, 1.82) is 0 Å². The van der Waals surface area contributed by atoms with Gasteiger partial charge in [0.05, 0.1) is 12.8 Å². The Kier molecular flexibility index (Phi) is 6.60. The Morgan fingerprint density at radius 3 is 2.58 bits per heavy atom. The standard InChI is InChI=1S/C19H25N3O3S/c1-3-25-13-18(23)22-10-8-21(9-11-22)12-16-14-26-19(20-16)15-4-6-17(24-2)7-5-15/h4-7,14H,3,8-13H2,1-2H3. The first-order valence-corrected chi connectivity index (χ1v) is 9.74. The fourth-order valence-electron chi connectivity index (χ4n) is 2.91. The fourth-order valence-corrected chi connectivity index (χ4v) is 3.73. The van der Waals surface area contributed by atoms with Crippen LogP contribution in [0.1, 0.15) is 12.6 Å². The molecule has 6 nitrogen and oxygen atoms in total. The number of benzene rings is 1. The number of nitrogens with zero attached hydrogens (tertiary/aromatic N) is 3. The molecule has 1 aliphatic heterocycles. The predicted octanol–water partition coefficient (Wildman–Crippen LogP) is 2.50. The highest BCUT2D eigenvalue weighted by atomic mass is 32.1. The minimum Gasteiger partial charge on any atom is -0.497 e. The van der Waals surface area contributed by atoms with Crippen molar-refractivity contribution >= 4 is 17.2 Å². The van der Waals surface area contributed by atoms with Crippen LogP contribution in [0.5, 0.6) is 5.75 Å². The molecule has 3 rings (SSSR count). The van der Waals surface area contributed by atoms with Gasteiger partial charge in [-0.25, -0.2) is 4.98 Å². The fraction of sp³-hybridized carbons (Fsp3) is 0.474. The molecule has 1 fully saturated rings. The van der Waals surface area contributed by atoms with Crippen molar-refractivity contribution in [3.8, 4) is 16.3 Å². The number of carbonyl (C=O) groups excluding carboxylic acids is 1. The second-order valence-corrected chi connectivity index (χ2v) is 7.02. The van der Waals surface area contributed by atoms with E-state index in [1.165, 1.54) is 0 Å². The summed E-state index contributed by atoms with van der Waals surface area (Å²) in [6.07, 6.45) is 0. The molecule has 0 spiro atoms. The summed E-state index contributed by atoms with van der Waals surface area (Å²) in [6.45, 7) is 6.72. The maximum atomic E-state index is 12.0. The van der Waals surface area contributed by atoms with Crippen LogP contribution < -0.4 is 4.74 Å². The molecule has 1 saturated heterocycles. The summed E-state index contributed by atoms with van der Waals surface area (Å²) in [7, 11) is 1.67. The quantitative estimate of drug-likeness (QED) is 0.744. The van der Waals surface area contributed by atoms with E-state index in [0.717, 1.165) is 54.7 Å². The molecule has 1 amide bonds. The molecule has 0 bridgehead atoms. The molecule has 140 valence electrons. The summed E-state index contributed by atoms with van der Waals surface area (Å²) < 4.78 is 10.4. The highest BCUT2D eigenvalue weighted by Gasteiger charge is 2.21. The number of carbonyl (C=O) groups is 1. The average Bonchev–Trinajstić information content (AvgIpc) is 3.15. The van der Waals surface area contributed by atoms with Crippen LogP contribution >= 0.6 is 11.3 Å². The number of methoxy groups -OCH3 is 1. The average molecular weight is 375 g/mol. The minimum atomic E-state index is 0.0851.